The highest BCUT2D eigenvalue weighted by Crippen LogP contribution is 2.29. The second-order valence-corrected chi connectivity index (χ2v) is 4.85. The van der Waals surface area contributed by atoms with Crippen LogP contribution in [0.2, 0.25) is 0 Å². The summed E-state index contributed by atoms with van der Waals surface area (Å²) >= 11 is 0. The maximum Gasteiger partial charge on any atom is 0.0700 e. The van der Waals surface area contributed by atoms with Crippen molar-refractivity contribution >= 4 is 0 Å². The maximum absolute atomic E-state index is 6.09. The molecule has 2 nitrogen and oxygen atoms in total. The quantitative estimate of drug-likeness (QED) is 0.736. The number of rotatable bonds is 6. The van der Waals surface area contributed by atoms with E-state index in [2.05, 4.69) is 13.8 Å². The van der Waals surface area contributed by atoms with Crippen LogP contribution < -0.4 is 5.73 Å². The summed E-state index contributed by atoms with van der Waals surface area (Å²) in [4.78, 5) is 0. The van der Waals surface area contributed by atoms with Crippen molar-refractivity contribution in [2.24, 2.45) is 11.7 Å². The third kappa shape index (κ3) is 4.52. The van der Waals surface area contributed by atoms with E-state index in [1.165, 1.54) is 38.5 Å². The second-order valence-electron chi connectivity index (χ2n) is 4.85. The molecule has 1 fully saturated rings. The van der Waals surface area contributed by atoms with E-state index in [0.717, 1.165) is 12.3 Å². The zero-order chi connectivity index (χ0) is 11.1. The molecule has 0 aromatic heterocycles. The molecule has 3 unspecified atom stereocenters. The van der Waals surface area contributed by atoms with Crippen LogP contribution in [0, 0.1) is 5.92 Å². The average Bonchev–Trinajstić information content (AvgIpc) is 2.29. The maximum atomic E-state index is 6.09. The van der Waals surface area contributed by atoms with Crippen molar-refractivity contribution in [1.29, 1.82) is 0 Å². The van der Waals surface area contributed by atoms with Gasteiger partial charge in [-0.1, -0.05) is 39.5 Å². The molecule has 1 aliphatic rings. The summed E-state index contributed by atoms with van der Waals surface area (Å²) in [5.41, 5.74) is 5.72. The van der Waals surface area contributed by atoms with E-state index in [1.54, 1.807) is 0 Å². The molecule has 0 spiro atoms. The number of nitrogens with two attached hydrogens (primary N) is 1. The van der Waals surface area contributed by atoms with E-state index in [4.69, 9.17) is 10.5 Å². The van der Waals surface area contributed by atoms with Crippen LogP contribution in [0.15, 0.2) is 0 Å². The molecule has 90 valence electrons. The number of hydrogen-bond donors (Lipinski definition) is 1. The van der Waals surface area contributed by atoms with Gasteiger partial charge in [-0.05, 0) is 25.2 Å². The number of hydrogen-bond acceptors (Lipinski definition) is 2. The molecule has 2 heteroatoms. The molecule has 2 N–H and O–H groups in total. The highest BCUT2D eigenvalue weighted by atomic mass is 16.5. The Morgan fingerprint density at radius 1 is 1.33 bits per heavy atom. The van der Waals surface area contributed by atoms with Crippen LogP contribution in [0.3, 0.4) is 0 Å². The van der Waals surface area contributed by atoms with Gasteiger partial charge in [0.05, 0.1) is 12.2 Å². The topological polar surface area (TPSA) is 35.2 Å². The van der Waals surface area contributed by atoms with Crippen LogP contribution in [0.1, 0.15) is 58.8 Å². The normalized spacial score (nSPS) is 29.0. The lowest BCUT2D eigenvalue weighted by Gasteiger charge is -2.31. The summed E-state index contributed by atoms with van der Waals surface area (Å²) < 4.78 is 6.09. The van der Waals surface area contributed by atoms with Gasteiger partial charge in [0.15, 0.2) is 0 Å². The Labute approximate surface area is 94.6 Å². The zero-order valence-electron chi connectivity index (χ0n) is 10.4. The van der Waals surface area contributed by atoms with Crippen LogP contribution in [-0.2, 0) is 4.74 Å². The second kappa shape index (κ2) is 7.24. The Morgan fingerprint density at radius 3 is 2.73 bits per heavy atom. The molecule has 1 aliphatic carbocycles. The van der Waals surface area contributed by atoms with Crippen LogP contribution in [0.5, 0.6) is 0 Å². The Hall–Kier alpha value is -0.0800. The minimum Gasteiger partial charge on any atom is -0.374 e. The molecule has 0 aliphatic heterocycles. The summed E-state index contributed by atoms with van der Waals surface area (Å²) in [7, 11) is 0. The van der Waals surface area contributed by atoms with Gasteiger partial charge in [0.2, 0.25) is 0 Å². The van der Waals surface area contributed by atoms with E-state index >= 15 is 0 Å². The summed E-state index contributed by atoms with van der Waals surface area (Å²) in [5, 5.41) is 0. The van der Waals surface area contributed by atoms with Crippen molar-refractivity contribution in [3.63, 3.8) is 0 Å². The van der Waals surface area contributed by atoms with E-state index in [9.17, 15) is 0 Å². The molecule has 0 radical (unpaired) electrons. The van der Waals surface area contributed by atoms with Crippen LogP contribution >= 0.6 is 0 Å². The Morgan fingerprint density at radius 2 is 2.13 bits per heavy atom. The monoisotopic (exact) mass is 213 g/mol. The summed E-state index contributed by atoms with van der Waals surface area (Å²) in [6.45, 7) is 5.17. The van der Waals surface area contributed by atoms with Gasteiger partial charge in [-0.3, -0.25) is 0 Å². The van der Waals surface area contributed by atoms with Gasteiger partial charge in [0, 0.05) is 6.54 Å². The minimum absolute atomic E-state index is 0.301. The molecule has 0 aromatic carbocycles. The fourth-order valence-corrected chi connectivity index (χ4v) is 2.57. The van der Waals surface area contributed by atoms with E-state index in [1.807, 2.05) is 0 Å². The SMILES string of the molecule is CCCC(CN)OC1CCCC(CC)C1. The Balaban J connectivity index is 2.29. The molecule has 0 bridgehead atoms. The van der Waals surface area contributed by atoms with E-state index in [0.29, 0.717) is 18.8 Å². The van der Waals surface area contributed by atoms with Gasteiger partial charge in [-0.2, -0.15) is 0 Å². The largest absolute Gasteiger partial charge is 0.374 e. The van der Waals surface area contributed by atoms with Crippen molar-refractivity contribution in [3.05, 3.63) is 0 Å². The lowest BCUT2D eigenvalue weighted by atomic mass is 9.85. The van der Waals surface area contributed by atoms with E-state index in [-0.39, 0.29) is 0 Å². The predicted octanol–water partition coefficient (Wildman–Crippen LogP) is 3.10. The highest BCUT2D eigenvalue weighted by Gasteiger charge is 2.23. The van der Waals surface area contributed by atoms with Gasteiger partial charge >= 0.3 is 0 Å². The van der Waals surface area contributed by atoms with Gasteiger partial charge in [-0.15, -0.1) is 0 Å². The van der Waals surface area contributed by atoms with Crippen molar-refractivity contribution in [2.45, 2.75) is 71.0 Å². The third-order valence-corrected chi connectivity index (χ3v) is 3.57. The smallest absolute Gasteiger partial charge is 0.0700 e. The lowest BCUT2D eigenvalue weighted by Crippen LogP contribution is -2.32. The molecular formula is C13H27NO. The molecule has 0 amide bonds. The lowest BCUT2D eigenvalue weighted by molar-refractivity contribution is -0.0398. The Bertz CT molecular complexity index is 161. The fraction of sp³-hybridized carbons (Fsp3) is 1.00. The molecule has 0 heterocycles. The van der Waals surface area contributed by atoms with E-state index < -0.39 is 0 Å². The summed E-state index contributed by atoms with van der Waals surface area (Å²) in [5.74, 6) is 0.892. The zero-order valence-corrected chi connectivity index (χ0v) is 10.4. The summed E-state index contributed by atoms with van der Waals surface area (Å²) in [6.07, 6.45) is 9.63. The molecular weight excluding hydrogens is 186 g/mol. The molecule has 15 heavy (non-hydrogen) atoms. The van der Waals surface area contributed by atoms with Gasteiger partial charge < -0.3 is 10.5 Å². The minimum atomic E-state index is 0.301. The van der Waals surface area contributed by atoms with Crippen molar-refractivity contribution in [3.8, 4) is 0 Å². The standard InChI is InChI=1S/C13H27NO/c1-3-6-13(10-14)15-12-8-5-7-11(4-2)9-12/h11-13H,3-10,14H2,1-2H3. The third-order valence-electron chi connectivity index (χ3n) is 3.57. The fourth-order valence-electron chi connectivity index (χ4n) is 2.57. The summed E-state index contributed by atoms with van der Waals surface area (Å²) in [6, 6.07) is 0. The van der Waals surface area contributed by atoms with Crippen molar-refractivity contribution in [1.82, 2.24) is 0 Å². The molecule has 0 aromatic rings. The first-order valence-electron chi connectivity index (χ1n) is 6.65. The first-order chi connectivity index (χ1) is 7.30. The van der Waals surface area contributed by atoms with Gasteiger partial charge in [0.25, 0.3) is 0 Å². The molecule has 1 rings (SSSR count). The van der Waals surface area contributed by atoms with Crippen LogP contribution in [-0.4, -0.2) is 18.8 Å². The first-order valence-corrected chi connectivity index (χ1v) is 6.65. The van der Waals surface area contributed by atoms with Crippen LogP contribution in [0.4, 0.5) is 0 Å². The number of ether oxygens (including phenoxy) is 1. The van der Waals surface area contributed by atoms with Crippen LogP contribution in [0.25, 0.3) is 0 Å². The highest BCUT2D eigenvalue weighted by molar-refractivity contribution is 4.74. The predicted molar refractivity (Wildman–Crippen MR) is 64.9 cm³/mol. The molecule has 1 saturated carbocycles. The van der Waals surface area contributed by atoms with Gasteiger partial charge in [-0.25, -0.2) is 0 Å². The molecule has 0 saturated heterocycles. The first kappa shape index (κ1) is 13.0. The van der Waals surface area contributed by atoms with Crippen molar-refractivity contribution < 1.29 is 4.74 Å². The Kier molecular flexibility index (Phi) is 6.26. The van der Waals surface area contributed by atoms with Crippen molar-refractivity contribution in [2.75, 3.05) is 6.54 Å². The average molecular weight is 213 g/mol. The van der Waals surface area contributed by atoms with Gasteiger partial charge in [0.1, 0.15) is 0 Å². The molecule has 3 atom stereocenters.